The van der Waals surface area contributed by atoms with E-state index >= 15 is 0 Å². The molecular weight excluding hydrogens is 296 g/mol. The molecule has 1 aromatic rings. The lowest BCUT2D eigenvalue weighted by molar-refractivity contribution is 0.253. The Labute approximate surface area is 115 Å². The number of amides is 2. The number of guanidine groups is 1. The maximum absolute atomic E-state index is 10.9. The smallest absolute Gasteiger partial charge is 0.318 e. The largest absolute Gasteiger partial charge is 0.351 e. The van der Waals surface area contributed by atoms with Crippen LogP contribution in [0.4, 0.5) is 10.5 Å². The van der Waals surface area contributed by atoms with Gasteiger partial charge in [-0.3, -0.25) is 5.32 Å². The number of primary amides is 1. The average molecular weight is 313 g/mol. The lowest BCUT2D eigenvalue weighted by Gasteiger charge is -2.13. The molecule has 0 saturated carbocycles. The molecule has 0 bridgehead atoms. The van der Waals surface area contributed by atoms with Crippen LogP contribution in [0.3, 0.4) is 0 Å². The van der Waals surface area contributed by atoms with E-state index < -0.39 is 6.03 Å². The van der Waals surface area contributed by atoms with Gasteiger partial charge in [0.15, 0.2) is 0 Å². The molecule has 0 aromatic heterocycles. The Morgan fingerprint density at radius 1 is 1.44 bits per heavy atom. The van der Waals surface area contributed by atoms with Gasteiger partial charge in [-0.1, -0.05) is 15.9 Å². The molecule has 0 aliphatic heterocycles. The fourth-order valence-corrected chi connectivity index (χ4v) is 1.84. The molecule has 6 heteroatoms. The first-order valence-corrected chi connectivity index (χ1v) is 6.35. The van der Waals surface area contributed by atoms with E-state index in [-0.39, 0.29) is 6.04 Å². The van der Waals surface area contributed by atoms with Gasteiger partial charge >= 0.3 is 6.03 Å². The number of rotatable bonds is 2. The third-order valence-electron chi connectivity index (χ3n) is 2.07. The first kappa shape index (κ1) is 14.5. The zero-order valence-corrected chi connectivity index (χ0v) is 12.2. The van der Waals surface area contributed by atoms with E-state index in [0.29, 0.717) is 5.96 Å². The average Bonchev–Trinajstić information content (AvgIpc) is 2.20. The van der Waals surface area contributed by atoms with Gasteiger partial charge in [0.25, 0.3) is 0 Å². The molecule has 2 amide bonds. The Bertz CT molecular complexity index is 471. The summed E-state index contributed by atoms with van der Waals surface area (Å²) in [5, 5.41) is 5.52. The minimum Gasteiger partial charge on any atom is -0.351 e. The van der Waals surface area contributed by atoms with Crippen LogP contribution >= 0.6 is 15.9 Å². The summed E-state index contributed by atoms with van der Waals surface area (Å²) in [4.78, 5) is 15.2. The van der Waals surface area contributed by atoms with E-state index in [1.54, 1.807) is 0 Å². The summed E-state index contributed by atoms with van der Waals surface area (Å²) < 4.78 is 0.996. The maximum Gasteiger partial charge on any atom is 0.318 e. The molecule has 1 aromatic carbocycles. The number of carbonyl (C=O) groups excluding carboxylic acids is 1. The molecule has 98 valence electrons. The van der Waals surface area contributed by atoms with Gasteiger partial charge in [-0.25, -0.2) is 9.79 Å². The highest BCUT2D eigenvalue weighted by Crippen LogP contribution is 2.19. The van der Waals surface area contributed by atoms with Gasteiger partial charge < -0.3 is 11.1 Å². The Morgan fingerprint density at radius 3 is 2.61 bits per heavy atom. The summed E-state index contributed by atoms with van der Waals surface area (Å²) in [6.07, 6.45) is 0. The quantitative estimate of drug-likeness (QED) is 0.579. The monoisotopic (exact) mass is 312 g/mol. The Balaban J connectivity index is 2.92. The van der Waals surface area contributed by atoms with Crippen molar-refractivity contribution in [2.24, 2.45) is 10.7 Å². The molecule has 0 saturated heterocycles. The van der Waals surface area contributed by atoms with E-state index in [9.17, 15) is 4.79 Å². The second-order valence-corrected chi connectivity index (χ2v) is 5.06. The highest BCUT2D eigenvalue weighted by Gasteiger charge is 2.06. The number of aryl methyl sites for hydroxylation is 1. The fraction of sp³-hybridized carbons (Fsp3) is 0.333. The number of anilines is 1. The lowest BCUT2D eigenvalue weighted by Crippen LogP contribution is -2.40. The number of nitrogens with zero attached hydrogens (tertiary/aromatic N) is 1. The minimum absolute atomic E-state index is 0.0510. The van der Waals surface area contributed by atoms with Crippen LogP contribution in [-0.4, -0.2) is 18.0 Å². The summed E-state index contributed by atoms with van der Waals surface area (Å²) in [5.41, 5.74) is 7.01. The van der Waals surface area contributed by atoms with Crippen LogP contribution < -0.4 is 16.4 Å². The van der Waals surface area contributed by atoms with Gasteiger partial charge in [0.1, 0.15) is 0 Å². The maximum atomic E-state index is 10.9. The molecule has 0 unspecified atom stereocenters. The highest BCUT2D eigenvalue weighted by atomic mass is 79.9. The molecule has 0 aliphatic rings. The Morgan fingerprint density at radius 2 is 2.11 bits per heavy atom. The fourth-order valence-electron chi connectivity index (χ4n) is 1.37. The molecule has 0 heterocycles. The molecular formula is C12H17BrN4O. The molecule has 18 heavy (non-hydrogen) atoms. The Hall–Kier alpha value is -1.56. The molecule has 0 spiro atoms. The molecule has 0 fully saturated rings. The molecule has 4 N–H and O–H groups in total. The topological polar surface area (TPSA) is 79.5 Å². The van der Waals surface area contributed by atoms with Gasteiger partial charge in [-0.05, 0) is 44.5 Å². The molecule has 0 atom stereocenters. The number of carbonyl (C=O) groups is 1. The molecule has 0 radical (unpaired) electrons. The van der Waals surface area contributed by atoms with Crippen LogP contribution in [0.5, 0.6) is 0 Å². The standard InChI is InChI=1S/C12H17BrN4O/c1-7(2)15-12(17-11(14)18)16-10-5-4-9(13)6-8(10)3/h4-7H,1-3H3,(H4,14,15,16,17,18). The predicted octanol–water partition coefficient (Wildman–Crippen LogP) is 2.60. The van der Waals surface area contributed by atoms with Gasteiger partial charge in [0.2, 0.25) is 5.96 Å². The third kappa shape index (κ3) is 4.75. The van der Waals surface area contributed by atoms with Crippen molar-refractivity contribution in [3.63, 3.8) is 0 Å². The second-order valence-electron chi connectivity index (χ2n) is 4.14. The molecule has 0 aliphatic carbocycles. The van der Waals surface area contributed by atoms with Crippen LogP contribution in [0.1, 0.15) is 19.4 Å². The summed E-state index contributed by atoms with van der Waals surface area (Å²) in [5.74, 6) is 0.350. The summed E-state index contributed by atoms with van der Waals surface area (Å²) in [6.45, 7) is 5.79. The molecule has 5 nitrogen and oxygen atoms in total. The number of nitrogens with two attached hydrogens (primary N) is 1. The number of nitrogens with one attached hydrogen (secondary N) is 2. The van der Waals surface area contributed by atoms with Crippen molar-refractivity contribution < 1.29 is 4.79 Å². The van der Waals surface area contributed by atoms with Crippen molar-refractivity contribution in [1.29, 1.82) is 0 Å². The zero-order valence-electron chi connectivity index (χ0n) is 10.6. The minimum atomic E-state index is -0.642. The second kappa shape index (κ2) is 6.39. The third-order valence-corrected chi connectivity index (χ3v) is 2.56. The first-order chi connectivity index (χ1) is 8.38. The van der Waals surface area contributed by atoms with Crippen molar-refractivity contribution in [3.8, 4) is 0 Å². The molecule has 1 rings (SSSR count). The van der Waals surface area contributed by atoms with Crippen molar-refractivity contribution in [1.82, 2.24) is 5.32 Å². The first-order valence-electron chi connectivity index (χ1n) is 5.56. The van der Waals surface area contributed by atoms with Crippen LogP contribution in [0.25, 0.3) is 0 Å². The van der Waals surface area contributed by atoms with Crippen LogP contribution in [0.15, 0.2) is 27.7 Å². The van der Waals surface area contributed by atoms with E-state index in [0.717, 1.165) is 15.7 Å². The predicted molar refractivity (Wildman–Crippen MR) is 77.8 cm³/mol. The number of hydrogen-bond acceptors (Lipinski definition) is 2. The van der Waals surface area contributed by atoms with Gasteiger partial charge in [0.05, 0.1) is 0 Å². The summed E-state index contributed by atoms with van der Waals surface area (Å²) >= 11 is 3.40. The summed E-state index contributed by atoms with van der Waals surface area (Å²) in [6, 6.07) is 5.19. The van der Waals surface area contributed by atoms with E-state index in [2.05, 4.69) is 31.6 Å². The number of hydrogen-bond donors (Lipinski definition) is 3. The lowest BCUT2D eigenvalue weighted by atomic mass is 10.2. The van der Waals surface area contributed by atoms with Crippen molar-refractivity contribution in [2.45, 2.75) is 26.8 Å². The zero-order chi connectivity index (χ0) is 13.7. The van der Waals surface area contributed by atoms with Crippen LogP contribution in [-0.2, 0) is 0 Å². The summed E-state index contributed by atoms with van der Waals surface area (Å²) in [7, 11) is 0. The van der Waals surface area contributed by atoms with E-state index in [1.807, 2.05) is 39.0 Å². The normalized spacial score (nSPS) is 11.5. The van der Waals surface area contributed by atoms with Crippen molar-refractivity contribution >= 4 is 33.6 Å². The number of urea groups is 1. The van der Waals surface area contributed by atoms with Crippen LogP contribution in [0, 0.1) is 6.92 Å². The van der Waals surface area contributed by atoms with E-state index in [4.69, 9.17) is 5.73 Å². The van der Waals surface area contributed by atoms with Gasteiger partial charge in [-0.15, -0.1) is 0 Å². The number of benzene rings is 1. The number of aliphatic imine (C=N–C) groups is 1. The number of halogens is 1. The highest BCUT2D eigenvalue weighted by molar-refractivity contribution is 9.10. The van der Waals surface area contributed by atoms with Crippen molar-refractivity contribution in [2.75, 3.05) is 5.32 Å². The van der Waals surface area contributed by atoms with Gasteiger partial charge in [-0.2, -0.15) is 0 Å². The van der Waals surface area contributed by atoms with Crippen LogP contribution in [0.2, 0.25) is 0 Å². The van der Waals surface area contributed by atoms with Crippen molar-refractivity contribution in [3.05, 3.63) is 28.2 Å². The van der Waals surface area contributed by atoms with E-state index in [1.165, 1.54) is 0 Å². The SMILES string of the molecule is Cc1cc(Br)ccc1NC(=NC(C)C)NC(N)=O. The van der Waals surface area contributed by atoms with Gasteiger partial charge in [0, 0.05) is 16.2 Å². The Kier molecular flexibility index (Phi) is 5.15.